The van der Waals surface area contributed by atoms with Crippen LogP contribution in [0.2, 0.25) is 40.2 Å². The van der Waals surface area contributed by atoms with E-state index in [4.69, 9.17) is 138 Å². The van der Waals surface area contributed by atoms with Crippen molar-refractivity contribution >= 4 is 173 Å². The van der Waals surface area contributed by atoms with Crippen LogP contribution in [-0.4, -0.2) is 130 Å². The first-order valence-electron chi connectivity index (χ1n) is 33.2. The number of pyridine rings is 4. The number of rotatable bonds is 6. The molecular formula is C69H120Cl8N12O19P3S+. The van der Waals surface area contributed by atoms with Crippen molar-refractivity contribution in [2.24, 2.45) is 57.9 Å². The third-order valence-electron chi connectivity index (χ3n) is 11.2. The fraction of sp³-hybridized carbons (Fsp3) is 0.623. The molecule has 0 spiro atoms. The van der Waals surface area contributed by atoms with Crippen LogP contribution in [0.5, 0.6) is 0 Å². The molecule has 0 aliphatic heterocycles. The van der Waals surface area contributed by atoms with Gasteiger partial charge in [0, 0.05) is 71.0 Å². The molecule has 4 rings (SSSR count). The maximum atomic E-state index is 11.7. The van der Waals surface area contributed by atoms with E-state index in [0.29, 0.717) is 49.0 Å². The zero-order valence-corrected chi connectivity index (χ0v) is 79.2. The molecule has 0 aromatic carbocycles. The van der Waals surface area contributed by atoms with Gasteiger partial charge in [-0.2, -0.15) is 27.5 Å². The van der Waals surface area contributed by atoms with Crippen LogP contribution in [0.4, 0.5) is 11.4 Å². The van der Waals surface area contributed by atoms with E-state index in [-0.39, 0.29) is 76.1 Å². The largest absolute Gasteiger partial charge is 0.510 e. The quantitative estimate of drug-likeness (QED) is 0.0280. The zero-order valence-electron chi connectivity index (χ0n) is 69.6. The molecule has 14 N–H and O–H groups in total. The van der Waals surface area contributed by atoms with E-state index in [0.717, 1.165) is 10.4 Å². The van der Waals surface area contributed by atoms with Gasteiger partial charge in [-0.15, -0.1) is 5.16 Å². The number of halogens is 8. The summed E-state index contributed by atoms with van der Waals surface area (Å²) < 4.78 is 59.2. The first-order chi connectivity index (χ1) is 49.2. The molecule has 0 saturated carbocycles. The average molecular weight is 1830 g/mol. The number of nitrogens with zero attached hydrogens (tertiary/aromatic N) is 8. The maximum Gasteiger partial charge on any atom is 0.510 e. The van der Waals surface area contributed by atoms with Crippen LogP contribution in [0.15, 0.2) is 69.9 Å². The standard InChI is InChI=1S/C11H14Cl2N2O2.C11H14Cl2N2O.C10H12Cl2N2O2.C10H12Cl2N2O.C6H13NO.C5H11NO.C4H12N2O2S.C4H11O4P.C4H11O3P.C4H9O2P/c1-11(2,3)4-9(16)14-10-7(12)5-15(17)6-8(10)13;1-11(2,3)4-9(16)15-10-7(12)5-14-6-8(10)13;1-10(2,3)9(15)13-8-6(11)4-14(16)5-7(8)12;1-10(2,3)9(15)14-8-6(11)4-13-5-7(8)12;1-5(7-8)6(2,3)4;1-5(2,3)4-6-7;1-4(2,3)6-9(5,7)8;1-4(2,3)8-9(5,6)7;1-4(2,3)8(5,6)7;1-4(2,3)7(5)6/h5-6,17H,4H2,1-3H3;5-6H,4H2,1-3H3,(H,14,15,16);4-5,16H,1-3H3;4-5H,1-3H3,(H,13,14,15);8H,1-4H3;4,7H,1-3H3;6H,1-3H3,(H2,5,7,8);1-3H3,(H2,5,6,7);1-3H3,(H2,5,6,7);1-3H3/p+1/b;;;;7-5-;6-4-;;;;. The van der Waals surface area contributed by atoms with Gasteiger partial charge in [0.2, 0.25) is 17.7 Å². The summed E-state index contributed by atoms with van der Waals surface area (Å²) in [6, 6.07) is 0. The minimum atomic E-state index is -4.29. The van der Waals surface area contributed by atoms with Gasteiger partial charge in [-0.3, -0.25) is 38.2 Å². The number of amides is 4. The van der Waals surface area contributed by atoms with Gasteiger partial charge >= 0.3 is 23.4 Å². The zero-order chi connectivity index (χ0) is 90.9. The van der Waals surface area contributed by atoms with Crippen LogP contribution in [0.1, 0.15) is 227 Å². The number of nitrogens with two attached hydrogens (primary N) is 1. The van der Waals surface area contributed by atoms with Crippen molar-refractivity contribution in [1.29, 1.82) is 0 Å². The molecule has 4 aromatic rings. The predicted molar refractivity (Wildman–Crippen MR) is 452 cm³/mol. The number of hydrogen-bond acceptors (Lipinski definition) is 18. The normalized spacial score (nSPS) is 12.4. The Kier molecular flexibility index (Phi) is 52.5. The Labute approximate surface area is 701 Å². The van der Waals surface area contributed by atoms with Crippen LogP contribution in [0, 0.1) is 32.5 Å². The van der Waals surface area contributed by atoms with Crippen LogP contribution in [-0.2, 0) is 47.6 Å². The van der Waals surface area contributed by atoms with Crippen LogP contribution >= 0.6 is 116 Å². The SMILES string of the molecule is C/C(=N/O)C(C)(C)C.CC(C)(C)/C=N\O.CC(C)(C)C(=O)N=c1c(Cl)cn(O)cc1Cl.CC(C)(C)C(=O)Nc1c(Cl)cncc1Cl.CC(C)(C)CC(=O)N=c1c(Cl)cn(O)cc1Cl.CC(C)(C)CC(=O)Nc1c(Cl)cncc1Cl.CC(C)(C)NS(N)(=O)=O.CC(C)(C)OP(=O)(O)O.CC(C)(C)P(=O)(O)O.CC(C)(C)[P+](=O)O. The number of nitrogens with one attached hydrogen (secondary N) is 3. The monoisotopic (exact) mass is 1830 g/mol. The molecule has 43 heteroatoms. The second kappa shape index (κ2) is 49.7. The van der Waals surface area contributed by atoms with Crippen LogP contribution < -0.4 is 31.2 Å². The van der Waals surface area contributed by atoms with E-state index in [1.165, 1.54) is 76.6 Å². The Morgan fingerprint density at radius 2 is 0.866 bits per heavy atom. The first kappa shape index (κ1) is 118. The Bertz CT molecular complexity index is 4020. The van der Waals surface area contributed by atoms with Gasteiger partial charge in [-0.05, 0) is 105 Å². The highest BCUT2D eigenvalue weighted by atomic mass is 35.5. The summed E-state index contributed by atoms with van der Waals surface area (Å²) in [5, 5.41) is 51.4. The van der Waals surface area contributed by atoms with E-state index < -0.39 is 65.9 Å². The molecule has 0 bridgehead atoms. The molecule has 0 radical (unpaired) electrons. The number of phosphoric ester groups is 1. The van der Waals surface area contributed by atoms with Gasteiger partial charge in [0.15, 0.2) is 5.16 Å². The van der Waals surface area contributed by atoms with E-state index in [2.05, 4.69) is 55.3 Å². The molecule has 1 unspecified atom stereocenters. The summed E-state index contributed by atoms with van der Waals surface area (Å²) in [6.45, 7) is 55.8. The van der Waals surface area contributed by atoms with Crippen molar-refractivity contribution in [2.45, 2.75) is 249 Å². The number of oxime groups is 2. The fourth-order valence-corrected chi connectivity index (χ4v) is 8.81. The Hall–Kier alpha value is -4.47. The van der Waals surface area contributed by atoms with Crippen molar-refractivity contribution in [1.82, 2.24) is 24.2 Å². The van der Waals surface area contributed by atoms with Gasteiger partial charge in [0.25, 0.3) is 16.1 Å². The van der Waals surface area contributed by atoms with Crippen molar-refractivity contribution in [2.75, 3.05) is 10.6 Å². The van der Waals surface area contributed by atoms with Gasteiger partial charge in [-0.1, -0.05) is 223 Å². The van der Waals surface area contributed by atoms with Crippen LogP contribution in [0.25, 0.3) is 0 Å². The van der Waals surface area contributed by atoms with E-state index >= 15 is 0 Å². The molecule has 4 aromatic heterocycles. The maximum absolute atomic E-state index is 11.7. The number of hydrogen-bond donors (Lipinski definition) is 13. The lowest BCUT2D eigenvalue weighted by molar-refractivity contribution is -0.125. The molecule has 0 saturated heterocycles. The lowest BCUT2D eigenvalue weighted by Gasteiger charge is -2.18. The number of carbonyl (C=O) groups excluding carboxylic acids is 4. The van der Waals surface area contributed by atoms with E-state index in [9.17, 15) is 41.3 Å². The second-order valence-corrected chi connectivity index (χ2v) is 44.5. The molecule has 0 aliphatic carbocycles. The lowest BCUT2D eigenvalue weighted by atomic mass is 9.91. The van der Waals surface area contributed by atoms with Gasteiger partial charge < -0.3 is 51.0 Å². The number of anilines is 2. The van der Waals surface area contributed by atoms with Gasteiger partial charge in [0.1, 0.15) is 10.7 Å². The highest BCUT2D eigenvalue weighted by Crippen LogP contribution is 2.49. The van der Waals surface area contributed by atoms with Crippen LogP contribution in [0.3, 0.4) is 0 Å². The second-order valence-electron chi connectivity index (χ2n) is 34.5. The summed E-state index contributed by atoms with van der Waals surface area (Å²) in [5.74, 6) is -0.871. The Morgan fingerprint density at radius 1 is 0.554 bits per heavy atom. The summed E-state index contributed by atoms with van der Waals surface area (Å²) in [6.07, 6.45) is 12.8. The summed E-state index contributed by atoms with van der Waals surface area (Å²) in [5.41, 5.74) is -0.955. The molecule has 1 atom stereocenters. The molecule has 31 nitrogen and oxygen atoms in total. The number of phosphoric acid groups is 1. The molecule has 646 valence electrons. The molecular weight excluding hydrogens is 1710 g/mol. The number of aromatic nitrogens is 4. The average Bonchev–Trinajstić information content (AvgIpc) is 0.848. The molecule has 0 fully saturated rings. The topological polar surface area (TPSA) is 492 Å². The first-order valence-corrected chi connectivity index (χ1v) is 42.2. The van der Waals surface area contributed by atoms with Gasteiger partial charge in [0.05, 0.1) is 92.8 Å². The summed E-state index contributed by atoms with van der Waals surface area (Å²) in [4.78, 5) is 104. The van der Waals surface area contributed by atoms with E-state index in [1.54, 1.807) is 90.0 Å². The van der Waals surface area contributed by atoms with Crippen molar-refractivity contribution in [3.63, 3.8) is 0 Å². The third kappa shape index (κ3) is 65.6. The summed E-state index contributed by atoms with van der Waals surface area (Å²) in [7, 11) is -13.7. The Morgan fingerprint density at radius 3 is 1.04 bits per heavy atom. The van der Waals surface area contributed by atoms with Crippen molar-refractivity contribution in [3.8, 4) is 0 Å². The molecule has 4 heterocycles. The minimum absolute atomic E-state index is 0.00868. The van der Waals surface area contributed by atoms with Crippen molar-refractivity contribution < 1.29 is 91.1 Å². The predicted octanol–water partition coefficient (Wildman–Crippen LogP) is 18.9. The molecule has 0 aliphatic rings. The Balaban J connectivity index is -0.000000284. The fourth-order valence-electron chi connectivity index (χ4n) is 5.25. The number of carbonyl (C=O) groups is 4. The molecule has 4 amide bonds. The molecule has 112 heavy (non-hydrogen) atoms. The van der Waals surface area contributed by atoms with Crippen molar-refractivity contribution in [3.05, 3.63) is 100 Å². The van der Waals surface area contributed by atoms with E-state index in [1.807, 2.05) is 104 Å². The lowest BCUT2D eigenvalue weighted by Crippen LogP contribution is -2.44. The highest BCUT2D eigenvalue weighted by molar-refractivity contribution is 7.87. The highest BCUT2D eigenvalue weighted by Gasteiger charge is 2.33. The third-order valence-corrected chi connectivity index (χ3v) is 18.0. The minimum Gasteiger partial charge on any atom is -0.429 e. The summed E-state index contributed by atoms with van der Waals surface area (Å²) >= 11 is 46.8. The van der Waals surface area contributed by atoms with Gasteiger partial charge in [-0.25, -0.2) is 19.7 Å². The smallest absolute Gasteiger partial charge is 0.429 e.